The Labute approximate surface area is 126 Å². The molecule has 4 heteroatoms. The molecule has 3 heterocycles. The molecular weight excluding hydrogens is 266 g/mol. The second-order valence-corrected chi connectivity index (χ2v) is 7.48. The standard InChI is InChI=1S/C17H25NO3/c1-10-8-17-13-4-3-5-18(17)9-11(10)6-14(17)12(7-15(13)19)16(20)21-2/h10-11,13,15,19H,3-9H2,1-2H3/t10-,11-,13+,15+,17-/m0/s1. The van der Waals surface area contributed by atoms with Gasteiger partial charge in [-0.1, -0.05) is 6.92 Å². The molecule has 21 heavy (non-hydrogen) atoms. The summed E-state index contributed by atoms with van der Waals surface area (Å²) in [6.45, 7) is 4.60. The number of esters is 1. The number of aliphatic hydroxyl groups excluding tert-OH is 1. The topological polar surface area (TPSA) is 49.8 Å². The molecule has 3 aliphatic heterocycles. The maximum atomic E-state index is 12.2. The van der Waals surface area contributed by atoms with E-state index in [1.807, 2.05) is 0 Å². The van der Waals surface area contributed by atoms with Crippen molar-refractivity contribution in [2.75, 3.05) is 20.2 Å². The van der Waals surface area contributed by atoms with Crippen molar-refractivity contribution in [2.45, 2.75) is 50.7 Å². The molecule has 4 nitrogen and oxygen atoms in total. The van der Waals surface area contributed by atoms with Crippen LogP contribution in [-0.4, -0.2) is 47.8 Å². The average Bonchev–Trinajstić information content (AvgIpc) is 2.49. The van der Waals surface area contributed by atoms with E-state index in [0.29, 0.717) is 24.2 Å². The SMILES string of the molecule is COC(=O)C1=C2C[C@H]3CN4CCC[C@H]([C@H](O)C1)[C@@]24C[C@@H]3C. The fraction of sp³-hybridized carbons (Fsp3) is 0.824. The Hall–Kier alpha value is -0.870. The first-order valence-electron chi connectivity index (χ1n) is 8.32. The van der Waals surface area contributed by atoms with Crippen molar-refractivity contribution in [1.82, 2.24) is 4.90 Å². The first-order valence-corrected chi connectivity index (χ1v) is 8.32. The van der Waals surface area contributed by atoms with Crippen molar-refractivity contribution < 1.29 is 14.6 Å². The Balaban J connectivity index is 1.89. The van der Waals surface area contributed by atoms with Gasteiger partial charge in [0.1, 0.15) is 0 Å². The summed E-state index contributed by atoms with van der Waals surface area (Å²) >= 11 is 0. The molecule has 0 amide bonds. The molecule has 0 aromatic heterocycles. The quantitative estimate of drug-likeness (QED) is 0.748. The summed E-state index contributed by atoms with van der Waals surface area (Å²) < 4.78 is 5.01. The van der Waals surface area contributed by atoms with E-state index in [1.54, 1.807) is 0 Å². The largest absolute Gasteiger partial charge is 0.466 e. The smallest absolute Gasteiger partial charge is 0.333 e. The summed E-state index contributed by atoms with van der Waals surface area (Å²) in [4.78, 5) is 14.8. The van der Waals surface area contributed by atoms with Gasteiger partial charge in [-0.05, 0) is 49.6 Å². The van der Waals surface area contributed by atoms with Gasteiger partial charge in [0, 0.05) is 30.0 Å². The number of hydrogen-bond acceptors (Lipinski definition) is 4. The Kier molecular flexibility index (Phi) is 2.99. The van der Waals surface area contributed by atoms with Crippen LogP contribution >= 0.6 is 0 Å². The molecule has 1 N–H and O–H groups in total. The van der Waals surface area contributed by atoms with Crippen LogP contribution in [0.25, 0.3) is 0 Å². The van der Waals surface area contributed by atoms with Crippen LogP contribution in [0, 0.1) is 17.8 Å². The van der Waals surface area contributed by atoms with Crippen LogP contribution in [-0.2, 0) is 9.53 Å². The van der Waals surface area contributed by atoms with E-state index in [9.17, 15) is 9.90 Å². The minimum Gasteiger partial charge on any atom is -0.466 e. The molecule has 5 rings (SSSR count). The zero-order valence-corrected chi connectivity index (χ0v) is 13.0. The van der Waals surface area contributed by atoms with Gasteiger partial charge in [0.25, 0.3) is 0 Å². The van der Waals surface area contributed by atoms with Crippen molar-refractivity contribution in [1.29, 1.82) is 0 Å². The van der Waals surface area contributed by atoms with Crippen LogP contribution < -0.4 is 0 Å². The molecule has 0 aromatic rings. The third-order valence-corrected chi connectivity index (χ3v) is 6.68. The molecule has 4 fully saturated rings. The number of carbonyl (C=O) groups is 1. The van der Waals surface area contributed by atoms with Crippen molar-refractivity contribution in [3.05, 3.63) is 11.1 Å². The fourth-order valence-corrected chi connectivity index (χ4v) is 5.77. The zero-order chi connectivity index (χ0) is 14.8. The lowest BCUT2D eigenvalue weighted by atomic mass is 9.51. The minimum atomic E-state index is -0.396. The minimum absolute atomic E-state index is 0.0480. The summed E-state index contributed by atoms with van der Waals surface area (Å²) in [5.41, 5.74) is 2.05. The van der Waals surface area contributed by atoms with Crippen LogP contribution in [0.1, 0.15) is 39.0 Å². The molecule has 5 atom stereocenters. The highest BCUT2D eigenvalue weighted by atomic mass is 16.5. The van der Waals surface area contributed by atoms with Crippen molar-refractivity contribution in [2.24, 2.45) is 17.8 Å². The third-order valence-electron chi connectivity index (χ3n) is 6.68. The van der Waals surface area contributed by atoms with Crippen molar-refractivity contribution in [3.63, 3.8) is 0 Å². The summed E-state index contributed by atoms with van der Waals surface area (Å²) in [5.74, 6) is 1.44. The van der Waals surface area contributed by atoms with Crippen molar-refractivity contribution in [3.8, 4) is 0 Å². The summed E-state index contributed by atoms with van der Waals surface area (Å²) in [6, 6.07) is 0. The average molecular weight is 291 g/mol. The molecule has 2 aliphatic carbocycles. The molecule has 116 valence electrons. The number of nitrogens with zero attached hydrogens (tertiary/aromatic N) is 1. The van der Waals surface area contributed by atoms with Gasteiger partial charge in [-0.3, -0.25) is 4.90 Å². The van der Waals surface area contributed by atoms with E-state index in [0.717, 1.165) is 37.9 Å². The Morgan fingerprint density at radius 1 is 1.43 bits per heavy atom. The van der Waals surface area contributed by atoms with Gasteiger partial charge in [0.05, 0.1) is 13.2 Å². The Morgan fingerprint density at radius 2 is 2.24 bits per heavy atom. The summed E-state index contributed by atoms with van der Waals surface area (Å²) in [7, 11) is 1.45. The molecule has 1 spiro atoms. The molecule has 5 aliphatic rings. The molecule has 0 aromatic carbocycles. The number of piperidine rings is 3. The van der Waals surface area contributed by atoms with E-state index < -0.39 is 6.10 Å². The van der Waals surface area contributed by atoms with Gasteiger partial charge in [-0.2, -0.15) is 0 Å². The monoisotopic (exact) mass is 291 g/mol. The van der Waals surface area contributed by atoms with Crippen LogP contribution in [0.5, 0.6) is 0 Å². The maximum Gasteiger partial charge on any atom is 0.333 e. The second-order valence-electron chi connectivity index (χ2n) is 7.48. The highest BCUT2D eigenvalue weighted by molar-refractivity contribution is 5.90. The zero-order valence-electron chi connectivity index (χ0n) is 13.0. The normalized spacial score (nSPS) is 45.5. The van der Waals surface area contributed by atoms with Gasteiger partial charge in [-0.25, -0.2) is 4.79 Å². The van der Waals surface area contributed by atoms with E-state index in [2.05, 4.69) is 11.8 Å². The van der Waals surface area contributed by atoms with E-state index in [4.69, 9.17) is 4.74 Å². The van der Waals surface area contributed by atoms with Crippen molar-refractivity contribution >= 4 is 5.97 Å². The highest BCUT2D eigenvalue weighted by Crippen LogP contribution is 2.59. The predicted molar refractivity (Wildman–Crippen MR) is 78.6 cm³/mol. The molecule has 3 saturated heterocycles. The van der Waals surface area contributed by atoms with Gasteiger partial charge < -0.3 is 9.84 Å². The number of ether oxygens (including phenoxy) is 1. The van der Waals surface area contributed by atoms with Crippen LogP contribution in [0.3, 0.4) is 0 Å². The molecular formula is C17H25NO3. The third kappa shape index (κ3) is 1.66. The van der Waals surface area contributed by atoms with E-state index in [-0.39, 0.29) is 11.5 Å². The number of carbonyl (C=O) groups excluding carboxylic acids is 1. The molecule has 1 saturated carbocycles. The van der Waals surface area contributed by atoms with Crippen LogP contribution in [0.2, 0.25) is 0 Å². The summed E-state index contributed by atoms with van der Waals surface area (Å²) in [5, 5.41) is 10.7. The van der Waals surface area contributed by atoms with Gasteiger partial charge in [0.2, 0.25) is 0 Å². The molecule has 0 unspecified atom stereocenters. The lowest BCUT2D eigenvalue weighted by molar-refractivity contribution is -0.142. The number of hydrogen-bond donors (Lipinski definition) is 1. The lowest BCUT2D eigenvalue weighted by Gasteiger charge is -2.66. The number of fused-ring (bicyclic) bond motifs is 1. The van der Waals surface area contributed by atoms with Crippen LogP contribution in [0.4, 0.5) is 0 Å². The first-order chi connectivity index (χ1) is 10.1. The number of rotatable bonds is 1. The number of aliphatic hydroxyl groups is 1. The second kappa shape index (κ2) is 4.56. The van der Waals surface area contributed by atoms with Crippen LogP contribution in [0.15, 0.2) is 11.1 Å². The van der Waals surface area contributed by atoms with E-state index in [1.165, 1.54) is 19.1 Å². The Bertz CT molecular complexity index is 514. The van der Waals surface area contributed by atoms with Gasteiger partial charge >= 0.3 is 5.97 Å². The summed E-state index contributed by atoms with van der Waals surface area (Å²) in [6.07, 6.45) is 4.50. The number of methoxy groups -OCH3 is 1. The van der Waals surface area contributed by atoms with Gasteiger partial charge in [0.15, 0.2) is 0 Å². The Morgan fingerprint density at radius 3 is 3.00 bits per heavy atom. The fourth-order valence-electron chi connectivity index (χ4n) is 5.77. The maximum absolute atomic E-state index is 12.2. The van der Waals surface area contributed by atoms with E-state index >= 15 is 0 Å². The molecule has 2 bridgehead atoms. The lowest BCUT2D eigenvalue weighted by Crippen LogP contribution is -2.70. The predicted octanol–water partition coefficient (Wildman–Crippen LogP) is 1.73. The first kappa shape index (κ1) is 13.8. The van der Waals surface area contributed by atoms with Gasteiger partial charge in [-0.15, -0.1) is 0 Å². The molecule has 0 radical (unpaired) electrons. The highest BCUT2D eigenvalue weighted by Gasteiger charge is 2.61.